The fourth-order valence-electron chi connectivity index (χ4n) is 3.04. The molecule has 0 fully saturated rings. The molecule has 0 aliphatic rings. The van der Waals surface area contributed by atoms with Gasteiger partial charge in [-0.3, -0.25) is 0 Å². The second kappa shape index (κ2) is 10.0. The van der Waals surface area contributed by atoms with Gasteiger partial charge in [-0.25, -0.2) is 9.67 Å². The average molecular weight is 477 g/mol. The van der Waals surface area contributed by atoms with Crippen molar-refractivity contribution in [2.24, 2.45) is 5.16 Å². The Balaban J connectivity index is 1.52. The van der Waals surface area contributed by atoms with Crippen LogP contribution in [-0.2, 0) is 18.0 Å². The van der Waals surface area contributed by atoms with E-state index in [9.17, 15) is 0 Å². The highest BCUT2D eigenvalue weighted by Crippen LogP contribution is 2.22. The third-order valence-corrected chi connectivity index (χ3v) is 5.27. The van der Waals surface area contributed by atoms with Gasteiger partial charge in [0.15, 0.2) is 0 Å². The minimum absolute atomic E-state index is 0.363. The van der Waals surface area contributed by atoms with Gasteiger partial charge in [-0.2, -0.15) is 5.10 Å². The van der Waals surface area contributed by atoms with Gasteiger partial charge < -0.3 is 9.57 Å². The largest absolute Gasteiger partial charge is 0.497 e. The van der Waals surface area contributed by atoms with Crippen LogP contribution in [-0.4, -0.2) is 27.6 Å². The summed E-state index contributed by atoms with van der Waals surface area (Å²) in [4.78, 5) is 9.68. The Kier molecular flexibility index (Phi) is 6.74. The van der Waals surface area contributed by atoms with Gasteiger partial charge in [-0.05, 0) is 41.0 Å². The molecule has 0 unspecified atom stereocenters. The number of hydrogen-bond donors (Lipinski definition) is 0. The molecule has 31 heavy (non-hydrogen) atoms. The van der Waals surface area contributed by atoms with Crippen LogP contribution in [0.3, 0.4) is 0 Å². The summed E-state index contributed by atoms with van der Waals surface area (Å²) < 4.78 is 7.97. The molecule has 0 atom stereocenters. The zero-order valence-corrected chi connectivity index (χ0v) is 18.6. The van der Waals surface area contributed by atoms with E-state index < -0.39 is 0 Å². The summed E-state index contributed by atoms with van der Waals surface area (Å²) in [7, 11) is 1.65. The second-order valence-corrected chi connectivity index (χ2v) is 7.75. The van der Waals surface area contributed by atoms with Crippen molar-refractivity contribution in [3.05, 3.63) is 101 Å². The highest BCUT2D eigenvalue weighted by molar-refractivity contribution is 9.10. The summed E-state index contributed by atoms with van der Waals surface area (Å²) >= 11 is 3.48. The summed E-state index contributed by atoms with van der Waals surface area (Å²) in [5.41, 5.74) is 5.03. The Bertz CT molecular complexity index is 1120. The van der Waals surface area contributed by atoms with Crippen molar-refractivity contribution in [2.75, 3.05) is 7.11 Å². The lowest BCUT2D eigenvalue weighted by Crippen LogP contribution is -2.13. The van der Waals surface area contributed by atoms with Gasteiger partial charge in [-0.15, -0.1) is 0 Å². The number of nitrogens with zero attached hydrogens (tertiary/aromatic N) is 4. The van der Waals surface area contributed by atoms with Gasteiger partial charge in [0.2, 0.25) is 0 Å². The maximum Gasteiger partial charge on any atom is 0.142 e. The van der Waals surface area contributed by atoms with Crippen LogP contribution in [0.2, 0.25) is 0 Å². The number of rotatable bonds is 8. The van der Waals surface area contributed by atoms with Gasteiger partial charge in [0.25, 0.3) is 0 Å². The molecule has 0 N–H and O–H groups in total. The summed E-state index contributed by atoms with van der Waals surface area (Å²) in [6, 6.07) is 24.2. The number of oxime groups is 1. The Hall–Kier alpha value is -3.45. The normalized spacial score (nSPS) is 11.4. The van der Waals surface area contributed by atoms with E-state index >= 15 is 0 Å². The fourth-order valence-corrected chi connectivity index (χ4v) is 3.31. The van der Waals surface area contributed by atoms with E-state index in [4.69, 9.17) is 9.57 Å². The van der Waals surface area contributed by atoms with Crippen LogP contribution in [0.15, 0.2) is 95.1 Å². The standard InChI is InChI=1S/C24H21BrN4O2/c1-30-23-12-2-18(3-13-23)15-31-28-24(14-29-17-26-16-27-29)21-6-4-19(5-7-21)20-8-10-22(25)11-9-20/h2-13,16-17H,14-15H2,1H3/b28-24-. The van der Waals surface area contributed by atoms with Crippen LogP contribution >= 0.6 is 15.9 Å². The number of methoxy groups -OCH3 is 1. The molecule has 1 aromatic heterocycles. The quantitative estimate of drug-likeness (QED) is 0.254. The zero-order chi connectivity index (χ0) is 21.5. The summed E-state index contributed by atoms with van der Waals surface area (Å²) in [5.74, 6) is 0.810. The molecule has 0 radical (unpaired) electrons. The monoisotopic (exact) mass is 476 g/mol. The van der Waals surface area contributed by atoms with Crippen LogP contribution in [0.25, 0.3) is 11.1 Å². The minimum Gasteiger partial charge on any atom is -0.497 e. The molecule has 156 valence electrons. The third-order valence-electron chi connectivity index (χ3n) is 4.74. The van der Waals surface area contributed by atoms with Crippen LogP contribution < -0.4 is 4.74 Å². The van der Waals surface area contributed by atoms with Gasteiger partial charge >= 0.3 is 0 Å². The van der Waals surface area contributed by atoms with E-state index in [1.165, 1.54) is 6.33 Å². The van der Waals surface area contributed by atoms with Gasteiger partial charge in [0.05, 0.1) is 13.7 Å². The van der Waals surface area contributed by atoms with Crippen LogP contribution in [0, 0.1) is 0 Å². The van der Waals surface area contributed by atoms with Crippen molar-refractivity contribution >= 4 is 21.6 Å². The maximum atomic E-state index is 5.67. The highest BCUT2D eigenvalue weighted by Gasteiger charge is 2.08. The SMILES string of the molecule is COc1ccc(CO/N=C(/Cn2cncn2)c2ccc(-c3ccc(Br)cc3)cc2)cc1. The van der Waals surface area contributed by atoms with Crippen LogP contribution in [0.4, 0.5) is 0 Å². The van der Waals surface area contributed by atoms with Crippen molar-refractivity contribution in [1.29, 1.82) is 0 Å². The molecule has 4 aromatic rings. The number of hydrogen-bond acceptors (Lipinski definition) is 5. The minimum atomic E-state index is 0.363. The topological polar surface area (TPSA) is 61.5 Å². The van der Waals surface area contributed by atoms with Gasteiger partial charge in [-0.1, -0.05) is 69.6 Å². The molecule has 0 saturated heterocycles. The molecule has 0 aliphatic heterocycles. The van der Waals surface area contributed by atoms with E-state index in [0.29, 0.717) is 13.2 Å². The third kappa shape index (κ3) is 5.58. The van der Waals surface area contributed by atoms with E-state index in [1.807, 2.05) is 48.5 Å². The Morgan fingerprint density at radius 2 is 1.61 bits per heavy atom. The van der Waals surface area contributed by atoms with Crippen LogP contribution in [0.1, 0.15) is 11.1 Å². The Morgan fingerprint density at radius 3 is 2.23 bits per heavy atom. The summed E-state index contributed by atoms with van der Waals surface area (Å²) in [6.45, 7) is 0.821. The first-order valence-electron chi connectivity index (χ1n) is 9.72. The molecule has 7 heteroatoms. The number of aromatic nitrogens is 3. The van der Waals surface area contributed by atoms with Crippen molar-refractivity contribution in [3.8, 4) is 16.9 Å². The molecular weight excluding hydrogens is 456 g/mol. The van der Waals surface area contributed by atoms with Crippen LogP contribution in [0.5, 0.6) is 5.75 Å². The summed E-state index contributed by atoms with van der Waals surface area (Å²) in [5, 5.41) is 8.60. The van der Waals surface area contributed by atoms with Gasteiger partial charge in [0.1, 0.15) is 30.7 Å². The van der Waals surface area contributed by atoms with Crippen molar-refractivity contribution < 1.29 is 9.57 Å². The summed E-state index contributed by atoms with van der Waals surface area (Å²) in [6.07, 6.45) is 3.17. The van der Waals surface area contributed by atoms with Gasteiger partial charge in [0, 0.05) is 10.0 Å². The lowest BCUT2D eigenvalue weighted by Gasteiger charge is -2.09. The van der Waals surface area contributed by atoms with Crippen molar-refractivity contribution in [1.82, 2.24) is 14.8 Å². The predicted molar refractivity (Wildman–Crippen MR) is 124 cm³/mol. The predicted octanol–water partition coefficient (Wildman–Crippen LogP) is 5.34. The maximum absolute atomic E-state index is 5.67. The van der Waals surface area contributed by atoms with E-state index in [-0.39, 0.29) is 0 Å². The van der Waals surface area contributed by atoms with E-state index in [0.717, 1.165) is 38.2 Å². The van der Waals surface area contributed by atoms with E-state index in [1.54, 1.807) is 18.1 Å². The van der Waals surface area contributed by atoms with E-state index in [2.05, 4.69) is 55.4 Å². The molecule has 4 rings (SSSR count). The molecule has 0 amide bonds. The molecule has 0 spiro atoms. The number of benzene rings is 3. The fraction of sp³-hybridized carbons (Fsp3) is 0.125. The van der Waals surface area contributed by atoms with Crippen molar-refractivity contribution in [2.45, 2.75) is 13.2 Å². The molecule has 0 saturated carbocycles. The smallest absolute Gasteiger partial charge is 0.142 e. The molecule has 6 nitrogen and oxygen atoms in total. The molecule has 3 aromatic carbocycles. The Labute approximate surface area is 189 Å². The van der Waals surface area contributed by atoms with Crippen molar-refractivity contribution in [3.63, 3.8) is 0 Å². The molecule has 0 bridgehead atoms. The number of halogens is 1. The Morgan fingerprint density at radius 1 is 0.935 bits per heavy atom. The lowest BCUT2D eigenvalue weighted by atomic mass is 10.0. The first-order valence-corrected chi connectivity index (χ1v) is 10.5. The number of ether oxygens (including phenoxy) is 1. The zero-order valence-electron chi connectivity index (χ0n) is 17.0. The first-order chi connectivity index (χ1) is 15.2. The molecule has 1 heterocycles. The second-order valence-electron chi connectivity index (χ2n) is 6.84. The lowest BCUT2D eigenvalue weighted by molar-refractivity contribution is 0.130. The average Bonchev–Trinajstić information content (AvgIpc) is 3.33. The molecule has 0 aliphatic carbocycles. The first kappa shape index (κ1) is 20.8. The highest BCUT2D eigenvalue weighted by atomic mass is 79.9. The molecular formula is C24H21BrN4O2.